The number of carbonyl (C=O) groups is 2. The van der Waals surface area contributed by atoms with Crippen LogP contribution >= 0.6 is 46.3 Å². The molecule has 0 fully saturated rings. The molecule has 3 N–H and O–H groups in total. The Balaban J connectivity index is 1.81. The van der Waals surface area contributed by atoms with Gasteiger partial charge in [0.15, 0.2) is 5.78 Å². The monoisotopic (exact) mass is 611 g/mol. The van der Waals surface area contributed by atoms with Gasteiger partial charge in [-0.15, -0.1) is 11.3 Å². The Labute approximate surface area is 239 Å². The summed E-state index contributed by atoms with van der Waals surface area (Å²) in [5.41, 5.74) is -3.73. The number of benzene rings is 2. The number of hydrogen-bond acceptors (Lipinski definition) is 7. The van der Waals surface area contributed by atoms with Crippen molar-refractivity contribution >= 4 is 63.7 Å². The molecule has 0 unspecified atom stereocenters. The fourth-order valence-electron chi connectivity index (χ4n) is 4.21. The fourth-order valence-corrected chi connectivity index (χ4v) is 6.25. The number of amides is 1. The van der Waals surface area contributed by atoms with E-state index in [1.807, 2.05) is 11.4 Å². The van der Waals surface area contributed by atoms with E-state index in [1.54, 1.807) is 30.3 Å². The van der Waals surface area contributed by atoms with E-state index in [4.69, 9.17) is 23.2 Å². The van der Waals surface area contributed by atoms with Crippen LogP contribution in [0, 0.1) is 17.2 Å². The Hall–Kier alpha value is -3.01. The molecule has 6 nitrogen and oxygen atoms in total. The molecule has 13 heteroatoms. The van der Waals surface area contributed by atoms with Crippen LogP contribution in [-0.2, 0) is 4.79 Å². The van der Waals surface area contributed by atoms with Crippen LogP contribution in [0.3, 0.4) is 0 Å². The van der Waals surface area contributed by atoms with Crippen LogP contribution in [0.15, 0.2) is 76.6 Å². The molecule has 0 aliphatic carbocycles. The highest BCUT2D eigenvalue weighted by molar-refractivity contribution is 8.03. The van der Waals surface area contributed by atoms with Crippen LogP contribution in [0.25, 0.3) is 0 Å². The summed E-state index contributed by atoms with van der Waals surface area (Å²) in [5, 5.41) is 27.2. The van der Waals surface area contributed by atoms with E-state index in [0.717, 1.165) is 11.3 Å². The van der Waals surface area contributed by atoms with Gasteiger partial charge in [-0.1, -0.05) is 71.4 Å². The number of thiophene rings is 1. The number of alkyl halides is 3. The van der Waals surface area contributed by atoms with Gasteiger partial charge in [0.2, 0.25) is 11.6 Å². The minimum Gasteiger partial charge on any atom is -0.363 e. The Morgan fingerprint density at radius 2 is 1.77 bits per heavy atom. The van der Waals surface area contributed by atoms with Gasteiger partial charge in [-0.2, -0.15) is 18.4 Å². The van der Waals surface area contributed by atoms with Crippen molar-refractivity contribution in [1.29, 1.82) is 5.26 Å². The van der Waals surface area contributed by atoms with Crippen molar-refractivity contribution < 1.29 is 27.9 Å². The molecule has 2 heterocycles. The quantitative estimate of drug-likeness (QED) is 0.260. The van der Waals surface area contributed by atoms with Gasteiger partial charge in [-0.05, 0) is 35.2 Å². The lowest BCUT2D eigenvalue weighted by molar-refractivity contribution is -0.285. The number of aliphatic hydroxyl groups is 1. The Morgan fingerprint density at radius 1 is 1.10 bits per heavy atom. The minimum atomic E-state index is -5.36. The average Bonchev–Trinajstić information content (AvgIpc) is 3.43. The largest absolute Gasteiger partial charge is 0.437 e. The number of carbonyl (C=O) groups excluding carboxylic acids is 2. The Morgan fingerprint density at radius 3 is 2.36 bits per heavy atom. The van der Waals surface area contributed by atoms with Crippen molar-refractivity contribution in [1.82, 2.24) is 5.32 Å². The van der Waals surface area contributed by atoms with Gasteiger partial charge in [-0.25, -0.2) is 0 Å². The number of hydrogen-bond donors (Lipinski definition) is 3. The van der Waals surface area contributed by atoms with Crippen LogP contribution in [-0.4, -0.2) is 34.5 Å². The predicted molar refractivity (Wildman–Crippen MR) is 146 cm³/mol. The molecule has 39 heavy (non-hydrogen) atoms. The second kappa shape index (κ2) is 11.6. The molecule has 3 aromatic rings. The number of allylic oxidation sites excluding steroid dienone is 1. The highest BCUT2D eigenvalue weighted by Gasteiger charge is 2.66. The van der Waals surface area contributed by atoms with Gasteiger partial charge in [0.05, 0.1) is 43.9 Å². The first-order chi connectivity index (χ1) is 18.5. The van der Waals surface area contributed by atoms with Gasteiger partial charge < -0.3 is 15.7 Å². The highest BCUT2D eigenvalue weighted by Crippen LogP contribution is 2.52. The molecule has 1 aliphatic rings. The molecule has 4 rings (SSSR count). The lowest BCUT2D eigenvalue weighted by atomic mass is 9.70. The van der Waals surface area contributed by atoms with E-state index in [-0.39, 0.29) is 26.1 Å². The highest BCUT2D eigenvalue weighted by atomic mass is 35.5. The predicted octanol–water partition coefficient (Wildman–Crippen LogP) is 6.60. The average molecular weight is 612 g/mol. The molecule has 3 atom stereocenters. The number of para-hydroxylation sites is 1. The number of nitriles is 1. The SMILES string of the molecule is N#CC1=C(SCC(=O)Nc2ccccc2Cl)N[C@](O)(C(F)(F)F)[C@@H](C(=O)c2cccs2)[C@@H]1c1ccccc1Cl. The molecular formula is C26H18Cl2F3N3O3S2. The second-order valence-corrected chi connectivity index (χ2v) is 11.1. The van der Waals surface area contributed by atoms with Crippen LogP contribution in [0.1, 0.15) is 21.2 Å². The van der Waals surface area contributed by atoms with Gasteiger partial charge in [0.25, 0.3) is 0 Å². The molecule has 2 aromatic carbocycles. The zero-order valence-corrected chi connectivity index (χ0v) is 22.8. The molecule has 1 amide bonds. The summed E-state index contributed by atoms with van der Waals surface area (Å²) in [5.74, 6) is -5.87. The Bertz CT molecular complexity index is 1470. The van der Waals surface area contributed by atoms with Crippen LogP contribution in [0.4, 0.5) is 18.9 Å². The third kappa shape index (κ3) is 5.81. The zero-order valence-electron chi connectivity index (χ0n) is 19.6. The second-order valence-electron chi connectivity index (χ2n) is 8.38. The van der Waals surface area contributed by atoms with Gasteiger partial charge in [-0.3, -0.25) is 9.59 Å². The molecule has 0 radical (unpaired) electrons. The number of nitrogens with zero attached hydrogens (tertiary/aromatic N) is 1. The smallest absolute Gasteiger partial charge is 0.363 e. The number of anilines is 1. The first kappa shape index (κ1) is 29.0. The zero-order chi connectivity index (χ0) is 28.4. The molecule has 1 aromatic heterocycles. The van der Waals surface area contributed by atoms with Crippen molar-refractivity contribution in [2.45, 2.75) is 17.8 Å². The summed E-state index contributed by atoms with van der Waals surface area (Å²) in [6, 6.07) is 17.0. The summed E-state index contributed by atoms with van der Waals surface area (Å²) in [7, 11) is 0. The molecule has 0 spiro atoms. The Kier molecular flexibility index (Phi) is 8.63. The lowest BCUT2D eigenvalue weighted by Gasteiger charge is -2.45. The van der Waals surface area contributed by atoms with Crippen molar-refractivity contribution in [2.24, 2.45) is 5.92 Å². The lowest BCUT2D eigenvalue weighted by Crippen LogP contribution is -2.66. The number of thioether (sulfide) groups is 1. The number of nitrogens with one attached hydrogen (secondary N) is 2. The molecular weight excluding hydrogens is 594 g/mol. The normalized spacial score (nSPS) is 21.2. The standard InChI is InChI=1S/C26H18Cl2F3N3O3S2/c27-16-7-2-1-6-14(16)21-15(12-32)24(39-13-20(35)33-18-9-4-3-8-17(18)28)34-25(37,26(29,30)31)22(21)23(36)19-10-5-11-38-19/h1-11,21-22,34,37H,13H2,(H,33,35)/t21-,22-,25-/m1/s1. The van der Waals surface area contributed by atoms with E-state index in [2.05, 4.69) is 5.32 Å². The van der Waals surface area contributed by atoms with E-state index < -0.39 is 46.2 Å². The number of Topliss-reactive ketones (excluding diaryl/α,β-unsaturated/α-hetero) is 1. The topological polar surface area (TPSA) is 102 Å². The van der Waals surface area contributed by atoms with E-state index in [1.165, 1.54) is 35.7 Å². The maximum atomic E-state index is 14.6. The van der Waals surface area contributed by atoms with Crippen LogP contribution < -0.4 is 10.6 Å². The van der Waals surface area contributed by atoms with Gasteiger partial charge >= 0.3 is 6.18 Å². The van der Waals surface area contributed by atoms with E-state index in [9.17, 15) is 33.1 Å². The fraction of sp³-hybridized carbons (Fsp3) is 0.192. The van der Waals surface area contributed by atoms with Crippen molar-refractivity contribution in [3.8, 4) is 6.07 Å². The minimum absolute atomic E-state index is 0.00599. The van der Waals surface area contributed by atoms with Gasteiger partial charge in [0, 0.05) is 10.9 Å². The first-order valence-electron chi connectivity index (χ1n) is 11.2. The van der Waals surface area contributed by atoms with Crippen molar-refractivity contribution in [2.75, 3.05) is 11.1 Å². The number of rotatable bonds is 7. The molecule has 202 valence electrons. The van der Waals surface area contributed by atoms with Crippen molar-refractivity contribution in [3.63, 3.8) is 0 Å². The van der Waals surface area contributed by atoms with Gasteiger partial charge in [0.1, 0.15) is 0 Å². The third-order valence-corrected chi connectivity index (χ3v) is 8.55. The summed E-state index contributed by atoms with van der Waals surface area (Å²) in [6.45, 7) is 0. The summed E-state index contributed by atoms with van der Waals surface area (Å²) in [4.78, 5) is 26.1. The molecule has 0 bridgehead atoms. The van der Waals surface area contributed by atoms with Crippen LogP contribution in [0.5, 0.6) is 0 Å². The summed E-state index contributed by atoms with van der Waals surface area (Å²) >= 11 is 13.9. The molecule has 0 saturated heterocycles. The maximum absolute atomic E-state index is 14.6. The van der Waals surface area contributed by atoms with E-state index >= 15 is 0 Å². The number of halogens is 5. The summed E-state index contributed by atoms with van der Waals surface area (Å²) in [6.07, 6.45) is -5.36. The molecule has 0 saturated carbocycles. The first-order valence-corrected chi connectivity index (χ1v) is 13.8. The van der Waals surface area contributed by atoms with Crippen LogP contribution in [0.2, 0.25) is 10.0 Å². The van der Waals surface area contributed by atoms with E-state index in [0.29, 0.717) is 17.4 Å². The molecule has 1 aliphatic heterocycles. The van der Waals surface area contributed by atoms with Crippen molar-refractivity contribution in [3.05, 3.63) is 97.1 Å². The number of ketones is 1. The third-order valence-electron chi connectivity index (χ3n) is 5.98. The maximum Gasteiger partial charge on any atom is 0.437 e. The summed E-state index contributed by atoms with van der Waals surface area (Å²) < 4.78 is 43.8.